The Kier molecular flexibility index (Phi) is 7.71. The second kappa shape index (κ2) is 11.1. The second-order valence-electron chi connectivity index (χ2n) is 7.54. The molecule has 0 aliphatic heterocycles. The molecule has 0 bridgehead atoms. The minimum Gasteiger partial charge on any atom is -0.435 e. The lowest BCUT2D eigenvalue weighted by Crippen LogP contribution is -2.27. The summed E-state index contributed by atoms with van der Waals surface area (Å²) in [6.07, 6.45) is 0. The first-order valence-corrected chi connectivity index (χ1v) is 11.6. The van der Waals surface area contributed by atoms with E-state index in [0.717, 1.165) is 11.1 Å². The normalized spacial score (nSPS) is 11.0. The number of benzene rings is 3. The number of rotatable bonds is 9. The van der Waals surface area contributed by atoms with Crippen molar-refractivity contribution < 1.29 is 22.7 Å². The summed E-state index contributed by atoms with van der Waals surface area (Å²) in [5.74, 6) is 0.215. The summed E-state index contributed by atoms with van der Waals surface area (Å²) in [6, 6.07) is 21.6. The standard InChI is InChI=1S/C25H21F3N4O2S/c1-31(15-17-7-13-21(14-8-17)34-24(27)28)22(33)16-35-25-30-29-23(18-5-3-2-4-6-18)32(25)20-11-9-19(26)10-12-20/h2-14,24H,15-16H2,1H3. The largest absolute Gasteiger partial charge is 0.435 e. The zero-order valence-electron chi connectivity index (χ0n) is 18.6. The summed E-state index contributed by atoms with van der Waals surface area (Å²) in [6.45, 7) is -2.59. The molecule has 0 aliphatic rings. The van der Waals surface area contributed by atoms with Crippen molar-refractivity contribution in [2.75, 3.05) is 12.8 Å². The van der Waals surface area contributed by atoms with Crippen molar-refractivity contribution in [3.8, 4) is 22.8 Å². The lowest BCUT2D eigenvalue weighted by molar-refractivity contribution is -0.127. The third-order valence-electron chi connectivity index (χ3n) is 5.07. The smallest absolute Gasteiger partial charge is 0.387 e. The molecule has 0 atom stereocenters. The number of carbonyl (C=O) groups excluding carboxylic acids is 1. The summed E-state index contributed by atoms with van der Waals surface area (Å²) in [5.41, 5.74) is 2.27. The predicted octanol–water partition coefficient (Wildman–Crippen LogP) is 5.43. The molecule has 1 amide bonds. The average molecular weight is 499 g/mol. The minimum atomic E-state index is -2.89. The molecule has 6 nitrogen and oxygen atoms in total. The van der Waals surface area contributed by atoms with Gasteiger partial charge in [0, 0.05) is 24.8 Å². The molecule has 4 rings (SSSR count). The number of aromatic nitrogens is 3. The van der Waals surface area contributed by atoms with Crippen molar-refractivity contribution in [2.24, 2.45) is 0 Å². The minimum absolute atomic E-state index is 0.0580. The fraction of sp³-hybridized carbons (Fsp3) is 0.160. The van der Waals surface area contributed by atoms with Gasteiger partial charge in [-0.05, 0) is 42.0 Å². The van der Waals surface area contributed by atoms with Crippen LogP contribution in [-0.4, -0.2) is 45.0 Å². The Labute approximate surface area is 204 Å². The van der Waals surface area contributed by atoms with E-state index >= 15 is 0 Å². The molecule has 10 heteroatoms. The molecular formula is C25H21F3N4O2S. The van der Waals surface area contributed by atoms with Crippen molar-refractivity contribution in [1.29, 1.82) is 0 Å². The van der Waals surface area contributed by atoms with Gasteiger partial charge in [0.15, 0.2) is 11.0 Å². The molecule has 0 spiro atoms. The van der Waals surface area contributed by atoms with Crippen LogP contribution in [-0.2, 0) is 11.3 Å². The van der Waals surface area contributed by atoms with Crippen LogP contribution in [0.25, 0.3) is 17.1 Å². The van der Waals surface area contributed by atoms with Crippen LogP contribution in [0, 0.1) is 5.82 Å². The van der Waals surface area contributed by atoms with E-state index in [1.54, 1.807) is 35.9 Å². The zero-order valence-corrected chi connectivity index (χ0v) is 19.5. The van der Waals surface area contributed by atoms with E-state index in [4.69, 9.17) is 0 Å². The molecule has 4 aromatic rings. The van der Waals surface area contributed by atoms with E-state index in [-0.39, 0.29) is 23.2 Å². The number of alkyl halides is 2. The maximum atomic E-state index is 13.5. The number of thioether (sulfide) groups is 1. The van der Waals surface area contributed by atoms with Crippen molar-refractivity contribution >= 4 is 17.7 Å². The van der Waals surface area contributed by atoms with Crippen LogP contribution in [0.5, 0.6) is 5.75 Å². The maximum Gasteiger partial charge on any atom is 0.387 e. The van der Waals surface area contributed by atoms with E-state index in [1.807, 2.05) is 30.3 Å². The van der Waals surface area contributed by atoms with Gasteiger partial charge in [-0.2, -0.15) is 8.78 Å². The van der Waals surface area contributed by atoms with Gasteiger partial charge in [-0.15, -0.1) is 10.2 Å². The highest BCUT2D eigenvalue weighted by Crippen LogP contribution is 2.28. The highest BCUT2D eigenvalue weighted by atomic mass is 32.2. The fourth-order valence-electron chi connectivity index (χ4n) is 3.34. The highest BCUT2D eigenvalue weighted by Gasteiger charge is 2.18. The third kappa shape index (κ3) is 6.21. The molecule has 0 unspecified atom stereocenters. The van der Waals surface area contributed by atoms with Crippen LogP contribution < -0.4 is 4.74 Å². The van der Waals surface area contributed by atoms with Crippen LogP contribution in [0.4, 0.5) is 13.2 Å². The fourth-order valence-corrected chi connectivity index (χ4v) is 4.23. The molecule has 0 fully saturated rings. The summed E-state index contributed by atoms with van der Waals surface area (Å²) in [5, 5.41) is 9.08. The number of nitrogens with zero attached hydrogens (tertiary/aromatic N) is 4. The van der Waals surface area contributed by atoms with Crippen molar-refractivity contribution in [2.45, 2.75) is 18.3 Å². The van der Waals surface area contributed by atoms with Gasteiger partial charge in [0.05, 0.1) is 5.75 Å². The van der Waals surface area contributed by atoms with E-state index in [9.17, 15) is 18.0 Å². The number of carbonyl (C=O) groups is 1. The van der Waals surface area contributed by atoms with Gasteiger partial charge in [0.1, 0.15) is 11.6 Å². The molecule has 0 radical (unpaired) electrons. The van der Waals surface area contributed by atoms with E-state index in [2.05, 4.69) is 14.9 Å². The molecule has 1 heterocycles. The molecule has 0 aliphatic carbocycles. The van der Waals surface area contributed by atoms with Gasteiger partial charge >= 0.3 is 6.61 Å². The molecule has 0 N–H and O–H groups in total. The van der Waals surface area contributed by atoms with Crippen LogP contribution >= 0.6 is 11.8 Å². The Hall–Kier alpha value is -3.79. The number of halogens is 3. The Morgan fingerprint density at radius 2 is 1.69 bits per heavy atom. The lowest BCUT2D eigenvalue weighted by atomic mass is 10.2. The second-order valence-corrected chi connectivity index (χ2v) is 8.49. The van der Waals surface area contributed by atoms with Crippen LogP contribution in [0.1, 0.15) is 5.56 Å². The average Bonchev–Trinajstić information content (AvgIpc) is 3.28. The SMILES string of the molecule is CN(Cc1ccc(OC(F)F)cc1)C(=O)CSc1nnc(-c2ccccc2)n1-c1ccc(F)cc1. The van der Waals surface area contributed by atoms with Gasteiger partial charge in [-0.1, -0.05) is 54.2 Å². The van der Waals surface area contributed by atoms with Crippen molar-refractivity contribution in [3.05, 3.63) is 90.2 Å². The highest BCUT2D eigenvalue weighted by molar-refractivity contribution is 7.99. The summed E-state index contributed by atoms with van der Waals surface area (Å²) >= 11 is 1.22. The Morgan fingerprint density at radius 1 is 1.00 bits per heavy atom. The first-order chi connectivity index (χ1) is 16.9. The van der Waals surface area contributed by atoms with Gasteiger partial charge in [-0.25, -0.2) is 4.39 Å². The first-order valence-electron chi connectivity index (χ1n) is 10.6. The first kappa shape index (κ1) is 24.3. The molecule has 180 valence electrons. The maximum absolute atomic E-state index is 13.5. The number of amides is 1. The molecular weight excluding hydrogens is 477 g/mol. The van der Waals surface area contributed by atoms with Gasteiger partial charge < -0.3 is 9.64 Å². The molecule has 0 saturated carbocycles. The monoisotopic (exact) mass is 498 g/mol. The Morgan fingerprint density at radius 3 is 2.34 bits per heavy atom. The Balaban J connectivity index is 1.47. The lowest BCUT2D eigenvalue weighted by Gasteiger charge is -2.17. The number of hydrogen-bond donors (Lipinski definition) is 0. The molecule has 1 aromatic heterocycles. The summed E-state index contributed by atoms with van der Waals surface area (Å²) in [4.78, 5) is 14.3. The van der Waals surface area contributed by atoms with Crippen LogP contribution in [0.15, 0.2) is 84.0 Å². The zero-order chi connectivity index (χ0) is 24.8. The topological polar surface area (TPSA) is 60.2 Å². The van der Waals surface area contributed by atoms with Crippen LogP contribution in [0.2, 0.25) is 0 Å². The van der Waals surface area contributed by atoms with Gasteiger partial charge in [0.25, 0.3) is 0 Å². The van der Waals surface area contributed by atoms with Gasteiger partial charge in [-0.3, -0.25) is 9.36 Å². The summed E-state index contributed by atoms with van der Waals surface area (Å²) < 4.78 is 44.3. The van der Waals surface area contributed by atoms with E-state index in [1.165, 1.54) is 40.9 Å². The van der Waals surface area contributed by atoms with Gasteiger partial charge in [0.2, 0.25) is 5.91 Å². The number of ether oxygens (including phenoxy) is 1. The van der Waals surface area contributed by atoms with Crippen molar-refractivity contribution in [1.82, 2.24) is 19.7 Å². The molecule has 3 aromatic carbocycles. The van der Waals surface area contributed by atoms with Crippen LogP contribution in [0.3, 0.4) is 0 Å². The Bertz CT molecular complexity index is 1270. The summed E-state index contributed by atoms with van der Waals surface area (Å²) in [7, 11) is 1.66. The van der Waals surface area contributed by atoms with E-state index in [0.29, 0.717) is 23.2 Å². The molecule has 0 saturated heterocycles. The third-order valence-corrected chi connectivity index (χ3v) is 5.98. The number of hydrogen-bond acceptors (Lipinski definition) is 5. The quantitative estimate of drug-likeness (QED) is 0.288. The van der Waals surface area contributed by atoms with Crippen molar-refractivity contribution in [3.63, 3.8) is 0 Å². The molecule has 35 heavy (non-hydrogen) atoms. The predicted molar refractivity (Wildman–Crippen MR) is 127 cm³/mol. The van der Waals surface area contributed by atoms with E-state index < -0.39 is 6.61 Å².